The molecule has 0 aromatic heterocycles. The zero-order valence-corrected chi connectivity index (χ0v) is 9.01. The molecule has 0 fully saturated rings. The maximum Gasteiger partial charge on any atom is 0.119 e. The van der Waals surface area contributed by atoms with E-state index >= 15 is 0 Å². The second kappa shape index (κ2) is 6.33. The molecule has 0 saturated carbocycles. The number of hydrogen-bond donors (Lipinski definition) is 0. The molecule has 1 rings (SSSR count). The Morgan fingerprint density at radius 1 is 1.36 bits per heavy atom. The van der Waals surface area contributed by atoms with Gasteiger partial charge in [-0.15, -0.1) is 11.8 Å². The molecule has 3 heteroatoms. The fourth-order valence-electron chi connectivity index (χ4n) is 0.971. The van der Waals surface area contributed by atoms with Gasteiger partial charge in [0, 0.05) is 5.75 Å². The molecule has 0 bridgehead atoms. The summed E-state index contributed by atoms with van der Waals surface area (Å²) in [4.78, 5) is 0. The average molecular weight is 207 g/mol. The topological polar surface area (TPSA) is 33.0 Å². The van der Waals surface area contributed by atoms with Crippen LogP contribution in [0.2, 0.25) is 0 Å². The highest BCUT2D eigenvalue weighted by Crippen LogP contribution is 2.11. The average Bonchev–Trinajstić information content (AvgIpc) is 2.21. The van der Waals surface area contributed by atoms with E-state index in [4.69, 9.17) is 10.00 Å². The van der Waals surface area contributed by atoms with Crippen LogP contribution in [0, 0.1) is 18.3 Å². The highest BCUT2D eigenvalue weighted by molar-refractivity contribution is 7.99. The number of benzene rings is 1. The van der Waals surface area contributed by atoms with Crippen molar-refractivity contribution in [1.82, 2.24) is 0 Å². The quantitative estimate of drug-likeness (QED) is 0.696. The lowest BCUT2D eigenvalue weighted by atomic mass is 10.2. The zero-order chi connectivity index (χ0) is 10.2. The molecule has 0 unspecified atom stereocenters. The van der Waals surface area contributed by atoms with Crippen LogP contribution in [0.5, 0.6) is 5.75 Å². The summed E-state index contributed by atoms with van der Waals surface area (Å²) in [7, 11) is 0. The van der Waals surface area contributed by atoms with E-state index in [2.05, 4.69) is 6.07 Å². The molecule has 0 amide bonds. The molecule has 0 aliphatic carbocycles. The van der Waals surface area contributed by atoms with Crippen LogP contribution in [0.4, 0.5) is 0 Å². The van der Waals surface area contributed by atoms with Gasteiger partial charge < -0.3 is 4.74 Å². The first kappa shape index (κ1) is 10.9. The molecule has 0 spiro atoms. The molecule has 0 atom stereocenters. The zero-order valence-electron chi connectivity index (χ0n) is 8.19. The largest absolute Gasteiger partial charge is 0.493 e. The van der Waals surface area contributed by atoms with E-state index in [-0.39, 0.29) is 0 Å². The number of ether oxygens (including phenoxy) is 1. The lowest BCUT2D eigenvalue weighted by molar-refractivity contribution is 0.344. The van der Waals surface area contributed by atoms with Crippen LogP contribution in [0.25, 0.3) is 0 Å². The smallest absolute Gasteiger partial charge is 0.119 e. The Hall–Kier alpha value is -1.14. The highest BCUT2D eigenvalue weighted by atomic mass is 32.2. The second-order valence-corrected chi connectivity index (χ2v) is 3.98. The van der Waals surface area contributed by atoms with Crippen LogP contribution in [0.1, 0.15) is 5.56 Å². The molecular formula is C11H13NOS. The Morgan fingerprint density at radius 3 is 2.71 bits per heavy atom. The monoisotopic (exact) mass is 207 g/mol. The van der Waals surface area contributed by atoms with Gasteiger partial charge in [0.25, 0.3) is 0 Å². The summed E-state index contributed by atoms with van der Waals surface area (Å²) in [6.45, 7) is 2.71. The van der Waals surface area contributed by atoms with Crippen LogP contribution in [0.3, 0.4) is 0 Å². The highest BCUT2D eigenvalue weighted by Gasteiger charge is 1.92. The first-order valence-electron chi connectivity index (χ1n) is 4.47. The second-order valence-electron chi connectivity index (χ2n) is 2.87. The number of thioether (sulfide) groups is 1. The fraction of sp³-hybridized carbons (Fsp3) is 0.364. The number of nitriles is 1. The number of rotatable bonds is 5. The molecule has 0 heterocycles. The molecule has 0 aliphatic rings. The van der Waals surface area contributed by atoms with Crippen molar-refractivity contribution < 1.29 is 4.74 Å². The van der Waals surface area contributed by atoms with Crippen LogP contribution < -0.4 is 4.74 Å². The van der Waals surface area contributed by atoms with Crippen molar-refractivity contribution in [2.24, 2.45) is 0 Å². The van der Waals surface area contributed by atoms with E-state index in [0.29, 0.717) is 12.4 Å². The van der Waals surface area contributed by atoms with Crippen molar-refractivity contribution in [1.29, 1.82) is 5.26 Å². The minimum atomic E-state index is 0.539. The number of nitrogens with zero attached hydrogens (tertiary/aromatic N) is 1. The van der Waals surface area contributed by atoms with Crippen molar-refractivity contribution in [3.63, 3.8) is 0 Å². The van der Waals surface area contributed by atoms with Crippen molar-refractivity contribution in [3.05, 3.63) is 29.8 Å². The van der Waals surface area contributed by atoms with Crippen molar-refractivity contribution >= 4 is 11.8 Å². The van der Waals surface area contributed by atoms with Crippen LogP contribution in [-0.2, 0) is 0 Å². The number of hydrogen-bond acceptors (Lipinski definition) is 3. The molecule has 0 aliphatic heterocycles. The summed E-state index contributed by atoms with van der Waals surface area (Å²) >= 11 is 1.59. The Labute approximate surface area is 88.9 Å². The summed E-state index contributed by atoms with van der Waals surface area (Å²) < 4.78 is 5.48. The van der Waals surface area contributed by atoms with E-state index in [0.717, 1.165) is 11.5 Å². The first-order valence-corrected chi connectivity index (χ1v) is 5.62. The summed E-state index contributed by atoms with van der Waals surface area (Å²) in [5, 5.41) is 8.30. The molecular weight excluding hydrogens is 194 g/mol. The molecule has 2 nitrogen and oxygen atoms in total. The Kier molecular flexibility index (Phi) is 4.95. The summed E-state index contributed by atoms with van der Waals surface area (Å²) in [5.41, 5.74) is 1.23. The first-order chi connectivity index (χ1) is 6.83. The maximum absolute atomic E-state index is 8.30. The van der Waals surface area contributed by atoms with Gasteiger partial charge in [0.15, 0.2) is 0 Å². The summed E-state index contributed by atoms with van der Waals surface area (Å²) in [6, 6.07) is 10.1. The van der Waals surface area contributed by atoms with Gasteiger partial charge in [-0.05, 0) is 19.1 Å². The van der Waals surface area contributed by atoms with Gasteiger partial charge in [-0.3, -0.25) is 0 Å². The van der Waals surface area contributed by atoms with E-state index in [1.807, 2.05) is 31.2 Å². The van der Waals surface area contributed by atoms with Gasteiger partial charge in [0.05, 0.1) is 18.4 Å². The van der Waals surface area contributed by atoms with Crippen molar-refractivity contribution in [3.8, 4) is 11.8 Å². The Balaban J connectivity index is 2.19. The molecule has 0 radical (unpaired) electrons. The predicted molar refractivity (Wildman–Crippen MR) is 59.6 cm³/mol. The summed E-state index contributed by atoms with van der Waals surface area (Å²) in [5.74, 6) is 2.30. The minimum absolute atomic E-state index is 0.539. The summed E-state index contributed by atoms with van der Waals surface area (Å²) in [6.07, 6.45) is 0. The maximum atomic E-state index is 8.30. The van der Waals surface area contributed by atoms with E-state index in [1.165, 1.54) is 5.56 Å². The van der Waals surface area contributed by atoms with E-state index < -0.39 is 0 Å². The SMILES string of the molecule is Cc1ccc(OCCSCC#N)cc1. The Bertz CT molecular complexity index is 302. The van der Waals surface area contributed by atoms with Gasteiger partial charge in [-0.1, -0.05) is 17.7 Å². The van der Waals surface area contributed by atoms with Crippen LogP contribution in [0.15, 0.2) is 24.3 Å². The molecule has 1 aromatic rings. The lowest BCUT2D eigenvalue weighted by Gasteiger charge is -2.04. The third-order valence-corrected chi connectivity index (χ3v) is 2.47. The number of aryl methyl sites for hydroxylation is 1. The van der Waals surface area contributed by atoms with Gasteiger partial charge in [0.1, 0.15) is 5.75 Å². The van der Waals surface area contributed by atoms with Gasteiger partial charge >= 0.3 is 0 Å². The minimum Gasteiger partial charge on any atom is -0.493 e. The fourth-order valence-corrected chi connectivity index (χ4v) is 1.41. The van der Waals surface area contributed by atoms with Gasteiger partial charge in [0.2, 0.25) is 0 Å². The predicted octanol–water partition coefficient (Wildman–Crippen LogP) is 2.63. The van der Waals surface area contributed by atoms with Crippen molar-refractivity contribution in [2.75, 3.05) is 18.1 Å². The molecule has 0 saturated heterocycles. The van der Waals surface area contributed by atoms with Crippen molar-refractivity contribution in [2.45, 2.75) is 6.92 Å². The molecule has 14 heavy (non-hydrogen) atoms. The standard InChI is InChI=1S/C11H13NOS/c1-10-2-4-11(5-3-10)13-7-9-14-8-6-12/h2-5H,7-9H2,1H3. The van der Waals surface area contributed by atoms with Gasteiger partial charge in [-0.2, -0.15) is 5.26 Å². The Morgan fingerprint density at radius 2 is 2.07 bits per heavy atom. The van der Waals surface area contributed by atoms with E-state index in [1.54, 1.807) is 11.8 Å². The normalized spacial score (nSPS) is 9.43. The molecule has 0 N–H and O–H groups in total. The lowest BCUT2D eigenvalue weighted by Crippen LogP contribution is -2.00. The third-order valence-electron chi connectivity index (χ3n) is 1.68. The van der Waals surface area contributed by atoms with E-state index in [9.17, 15) is 0 Å². The molecule has 74 valence electrons. The van der Waals surface area contributed by atoms with Gasteiger partial charge in [-0.25, -0.2) is 0 Å². The van der Waals surface area contributed by atoms with Crippen LogP contribution >= 0.6 is 11.8 Å². The molecule has 1 aromatic carbocycles. The third kappa shape index (κ3) is 4.20. The van der Waals surface area contributed by atoms with Crippen LogP contribution in [-0.4, -0.2) is 18.1 Å².